The van der Waals surface area contributed by atoms with E-state index in [0.29, 0.717) is 11.2 Å². The molecule has 4 N–H and O–H groups in total. The van der Waals surface area contributed by atoms with Gasteiger partial charge in [-0.05, 0) is 27.7 Å². The third-order valence-electron chi connectivity index (χ3n) is 5.29. The number of carbonyl (C=O) groups is 1. The van der Waals surface area contributed by atoms with Gasteiger partial charge in [0.1, 0.15) is 35.7 Å². The van der Waals surface area contributed by atoms with Crippen LogP contribution in [0.3, 0.4) is 0 Å². The van der Waals surface area contributed by atoms with Crippen molar-refractivity contribution in [1.82, 2.24) is 24.6 Å². The van der Waals surface area contributed by atoms with Gasteiger partial charge < -0.3 is 25.1 Å². The summed E-state index contributed by atoms with van der Waals surface area (Å²) in [6.07, 6.45) is -0.309. The molecule has 0 bridgehead atoms. The molecule has 2 unspecified atom stereocenters. The van der Waals surface area contributed by atoms with Crippen molar-refractivity contribution in [2.45, 2.75) is 63.9 Å². The smallest absolute Gasteiger partial charge is 0.408 e. The molecule has 2 aromatic heterocycles. The molecule has 4 heterocycles. The van der Waals surface area contributed by atoms with Crippen molar-refractivity contribution in [3.8, 4) is 0 Å². The van der Waals surface area contributed by atoms with Crippen LogP contribution in [0.5, 0.6) is 0 Å². The Balaban J connectivity index is 1.51. The van der Waals surface area contributed by atoms with E-state index in [-0.39, 0.29) is 18.5 Å². The van der Waals surface area contributed by atoms with E-state index in [1.807, 2.05) is 0 Å². The normalized spacial score (nSPS) is 33.5. The second-order valence-electron chi connectivity index (χ2n) is 8.30. The number of hydrogen-bond donors (Lipinski definition) is 3. The molecule has 2 saturated heterocycles. The third-order valence-corrected chi connectivity index (χ3v) is 6.93. The first kappa shape index (κ1) is 24.0. The van der Waals surface area contributed by atoms with Crippen molar-refractivity contribution in [1.29, 1.82) is 0 Å². The summed E-state index contributed by atoms with van der Waals surface area (Å²) >= 11 is 0. The Bertz CT molecular complexity index is 1080. The highest BCUT2D eigenvalue weighted by Crippen LogP contribution is 2.49. The minimum absolute atomic E-state index is 0.188. The number of nitrogens with one attached hydrogen (secondary N) is 1. The molecule has 0 aliphatic carbocycles. The Hall–Kier alpha value is -2.19. The molecule has 182 valence electrons. The second kappa shape index (κ2) is 8.87. The molecule has 2 aromatic rings. The van der Waals surface area contributed by atoms with Crippen molar-refractivity contribution in [2.75, 3.05) is 19.1 Å². The van der Waals surface area contributed by atoms with Crippen molar-refractivity contribution < 1.29 is 37.7 Å². The van der Waals surface area contributed by atoms with E-state index in [9.17, 15) is 14.5 Å². The number of fused-ring (bicyclic) bond motifs is 2. The summed E-state index contributed by atoms with van der Waals surface area (Å²) in [6, 6.07) is -0.962. The number of ether oxygens (including phenoxy) is 3. The van der Waals surface area contributed by atoms with Crippen molar-refractivity contribution in [3.63, 3.8) is 0 Å². The summed E-state index contributed by atoms with van der Waals surface area (Å²) in [6.45, 7) is 5.67. The average molecular weight is 486 g/mol. The Morgan fingerprint density at radius 1 is 1.36 bits per heavy atom. The van der Waals surface area contributed by atoms with Crippen LogP contribution in [0.25, 0.3) is 11.2 Å². The number of anilines is 1. The molecule has 4 rings (SSSR count). The molecule has 33 heavy (non-hydrogen) atoms. The molecule has 0 amide bonds. The molecule has 0 radical (unpaired) electrons. The van der Waals surface area contributed by atoms with Gasteiger partial charge >= 0.3 is 13.7 Å². The van der Waals surface area contributed by atoms with E-state index in [2.05, 4.69) is 20.0 Å². The van der Waals surface area contributed by atoms with Gasteiger partial charge in [-0.2, -0.15) is 0 Å². The molecule has 15 heteroatoms. The summed E-state index contributed by atoms with van der Waals surface area (Å²) in [5, 5.41) is 13.8. The van der Waals surface area contributed by atoms with Crippen molar-refractivity contribution >= 4 is 30.7 Å². The predicted octanol–water partition coefficient (Wildman–Crippen LogP) is 0.484. The lowest BCUT2D eigenvalue weighted by atomic mass is 9.96. The molecule has 0 spiro atoms. The standard InChI is InChI=1S/C18H27N6O8P/c1-9(2)31-16(25)10(3)23-33(27)29-5-11-13(28-8-30-33)18(4,26)17(32-11)24-7-22-12-14(19)20-6-21-15(12)24/h6-7,9-11,13,17,26H,5,8H2,1-4H3,(H,23,27)(H2,19,20,21)/t10?,11-,13-,17-,18-,33?/m1/s1. The zero-order chi connectivity index (χ0) is 24.0. The lowest BCUT2D eigenvalue weighted by Crippen LogP contribution is -2.47. The van der Waals surface area contributed by atoms with Crippen molar-refractivity contribution in [3.05, 3.63) is 12.7 Å². The Labute approximate surface area is 189 Å². The summed E-state index contributed by atoms with van der Waals surface area (Å²) < 4.78 is 42.2. The Kier molecular flexibility index (Phi) is 6.44. The minimum Gasteiger partial charge on any atom is -0.462 e. The van der Waals surface area contributed by atoms with Crippen LogP contribution in [-0.4, -0.2) is 73.9 Å². The van der Waals surface area contributed by atoms with Crippen LogP contribution in [-0.2, 0) is 32.6 Å². The molecule has 0 saturated carbocycles. The highest BCUT2D eigenvalue weighted by Gasteiger charge is 2.56. The second-order valence-corrected chi connectivity index (χ2v) is 10.1. The van der Waals surface area contributed by atoms with Gasteiger partial charge in [0.05, 0.1) is 19.0 Å². The van der Waals surface area contributed by atoms with Crippen LogP contribution in [0.2, 0.25) is 0 Å². The van der Waals surface area contributed by atoms with Gasteiger partial charge in [-0.3, -0.25) is 18.4 Å². The number of nitrogens with zero attached hydrogens (tertiary/aromatic N) is 4. The molecule has 14 nitrogen and oxygen atoms in total. The lowest BCUT2D eigenvalue weighted by molar-refractivity contribution is -0.150. The number of carbonyl (C=O) groups excluding carboxylic acids is 1. The summed E-state index contributed by atoms with van der Waals surface area (Å²) in [5.74, 6) is -0.422. The molecule has 6 atom stereocenters. The first-order valence-corrected chi connectivity index (χ1v) is 11.9. The zero-order valence-corrected chi connectivity index (χ0v) is 19.5. The molecular weight excluding hydrogens is 459 g/mol. The fourth-order valence-electron chi connectivity index (χ4n) is 3.76. The number of esters is 1. The van der Waals surface area contributed by atoms with Gasteiger partial charge in [0.25, 0.3) is 0 Å². The van der Waals surface area contributed by atoms with Crippen LogP contribution in [0.1, 0.15) is 33.9 Å². The summed E-state index contributed by atoms with van der Waals surface area (Å²) in [4.78, 5) is 24.4. The monoisotopic (exact) mass is 486 g/mol. The molecule has 2 aliphatic heterocycles. The quantitative estimate of drug-likeness (QED) is 0.392. The van der Waals surface area contributed by atoms with E-state index < -0.39 is 50.6 Å². The van der Waals surface area contributed by atoms with Crippen LogP contribution >= 0.6 is 7.75 Å². The predicted molar refractivity (Wildman–Crippen MR) is 112 cm³/mol. The van der Waals surface area contributed by atoms with Crippen LogP contribution in [0.15, 0.2) is 12.7 Å². The maximum Gasteiger partial charge on any atom is 0.408 e. The number of rotatable bonds is 5. The average Bonchev–Trinajstić information content (AvgIpc) is 3.24. The van der Waals surface area contributed by atoms with E-state index in [0.717, 1.165) is 0 Å². The number of nitrogen functional groups attached to an aromatic ring is 1. The zero-order valence-electron chi connectivity index (χ0n) is 18.6. The topological polar surface area (TPSA) is 182 Å². The van der Waals surface area contributed by atoms with Crippen molar-refractivity contribution in [2.24, 2.45) is 0 Å². The van der Waals surface area contributed by atoms with Crippen LogP contribution < -0.4 is 10.8 Å². The SMILES string of the molecule is CC(C)OC(=O)C(C)NP1(=O)OCO[C@@H]2[C@@H](CO1)O[C@@H](n1cnc3c(N)ncnc31)[C@]2(C)O. The van der Waals surface area contributed by atoms with E-state index >= 15 is 0 Å². The highest BCUT2D eigenvalue weighted by atomic mass is 31.2. The number of nitrogens with two attached hydrogens (primary N) is 1. The van der Waals surface area contributed by atoms with Gasteiger partial charge in [-0.1, -0.05) is 0 Å². The number of imidazole rings is 1. The van der Waals surface area contributed by atoms with Gasteiger partial charge in [-0.25, -0.2) is 24.6 Å². The summed E-state index contributed by atoms with van der Waals surface area (Å²) in [7, 11) is -3.95. The van der Waals surface area contributed by atoms with E-state index in [1.165, 1.54) is 31.1 Å². The fourth-order valence-corrected chi connectivity index (χ4v) is 5.11. The first-order chi connectivity index (χ1) is 15.5. The van der Waals surface area contributed by atoms with E-state index in [1.54, 1.807) is 13.8 Å². The number of aliphatic hydroxyl groups is 1. The maximum absolute atomic E-state index is 13.1. The van der Waals surface area contributed by atoms with Gasteiger partial charge in [0.15, 0.2) is 24.5 Å². The number of hydrogen-bond acceptors (Lipinski definition) is 12. The lowest BCUT2D eigenvalue weighted by Gasteiger charge is -2.32. The molecule has 2 fully saturated rings. The van der Waals surface area contributed by atoms with Crippen LogP contribution in [0, 0.1) is 0 Å². The largest absolute Gasteiger partial charge is 0.462 e. The summed E-state index contributed by atoms with van der Waals surface area (Å²) in [5.41, 5.74) is 5.01. The minimum atomic E-state index is -3.95. The van der Waals surface area contributed by atoms with Gasteiger partial charge in [0, 0.05) is 0 Å². The Morgan fingerprint density at radius 3 is 2.85 bits per heavy atom. The molecule has 0 aromatic carbocycles. The maximum atomic E-state index is 13.1. The Morgan fingerprint density at radius 2 is 2.12 bits per heavy atom. The fraction of sp³-hybridized carbons (Fsp3) is 0.667. The molecular formula is C18H27N6O8P. The van der Waals surface area contributed by atoms with E-state index in [4.69, 9.17) is 29.0 Å². The molecule has 2 aliphatic rings. The number of aromatic nitrogens is 4. The third kappa shape index (κ3) is 4.60. The van der Waals surface area contributed by atoms with Gasteiger partial charge in [-0.15, -0.1) is 0 Å². The van der Waals surface area contributed by atoms with Gasteiger partial charge in [0.2, 0.25) is 0 Å². The highest BCUT2D eigenvalue weighted by molar-refractivity contribution is 7.51. The first-order valence-electron chi connectivity index (χ1n) is 10.3. The van der Waals surface area contributed by atoms with Crippen LogP contribution in [0.4, 0.5) is 5.82 Å².